The third-order valence-corrected chi connectivity index (χ3v) is 11.7. The number of imidazole rings is 1. The van der Waals surface area contributed by atoms with E-state index < -0.39 is 11.9 Å². The van der Waals surface area contributed by atoms with Gasteiger partial charge in [0.2, 0.25) is 17.7 Å². The molecule has 2 saturated heterocycles. The molecule has 4 aliphatic heterocycles. The second kappa shape index (κ2) is 15.9. The Morgan fingerprint density at radius 2 is 1.78 bits per heavy atom. The van der Waals surface area contributed by atoms with Crippen LogP contribution in [0.5, 0.6) is 0 Å². The van der Waals surface area contributed by atoms with E-state index in [4.69, 9.17) is 14.7 Å². The van der Waals surface area contributed by atoms with E-state index in [2.05, 4.69) is 38.1 Å². The van der Waals surface area contributed by atoms with Crippen LogP contribution in [-0.2, 0) is 38.8 Å². The van der Waals surface area contributed by atoms with E-state index in [0.29, 0.717) is 56.1 Å². The molecule has 0 unspecified atom stereocenters. The molecule has 2 fully saturated rings. The molecule has 4 aliphatic rings. The number of carbonyl (C=O) groups is 5. The fourth-order valence-electron chi connectivity index (χ4n) is 8.55. The maximum absolute atomic E-state index is 13.1. The van der Waals surface area contributed by atoms with Crippen molar-refractivity contribution in [2.75, 3.05) is 26.3 Å². The predicted molar refractivity (Wildman–Crippen MR) is 216 cm³/mol. The smallest absolute Gasteiger partial charge is 0.269 e. The molecular formula is C45H42N8O6. The molecule has 14 heteroatoms. The lowest BCUT2D eigenvalue weighted by molar-refractivity contribution is -0.137. The van der Waals surface area contributed by atoms with Gasteiger partial charge in [0.15, 0.2) is 0 Å². The minimum atomic E-state index is -0.693. The van der Waals surface area contributed by atoms with E-state index in [1.807, 2.05) is 41.4 Å². The molecule has 14 nitrogen and oxygen atoms in total. The van der Waals surface area contributed by atoms with Crippen LogP contribution < -0.4 is 10.6 Å². The molecule has 0 bridgehead atoms. The van der Waals surface area contributed by atoms with Crippen molar-refractivity contribution in [1.82, 2.24) is 40.0 Å². The van der Waals surface area contributed by atoms with Gasteiger partial charge < -0.3 is 24.4 Å². The molecule has 298 valence electrons. The van der Waals surface area contributed by atoms with Crippen molar-refractivity contribution in [1.29, 1.82) is 0 Å². The first-order valence-electron chi connectivity index (χ1n) is 20.0. The number of fused-ring (bicyclic) bond motifs is 3. The summed E-state index contributed by atoms with van der Waals surface area (Å²) in [4.78, 5) is 80.5. The van der Waals surface area contributed by atoms with Gasteiger partial charge in [-0.15, -0.1) is 0 Å². The van der Waals surface area contributed by atoms with Crippen molar-refractivity contribution in [3.05, 3.63) is 101 Å². The van der Waals surface area contributed by atoms with E-state index in [0.717, 1.165) is 76.4 Å². The van der Waals surface area contributed by atoms with Crippen molar-refractivity contribution >= 4 is 40.3 Å². The molecule has 7 heterocycles. The lowest BCUT2D eigenvalue weighted by Crippen LogP contribution is -2.52. The number of carbonyl (C=O) groups excluding carboxylic acids is 5. The Hall–Kier alpha value is -6.72. The van der Waals surface area contributed by atoms with Crippen molar-refractivity contribution in [2.24, 2.45) is 0 Å². The predicted octanol–water partition coefficient (Wildman–Crippen LogP) is 4.35. The quantitative estimate of drug-likeness (QED) is 0.138. The number of nitrogens with one attached hydrogen (secondary N) is 2. The van der Waals surface area contributed by atoms with Gasteiger partial charge in [0.1, 0.15) is 17.6 Å². The van der Waals surface area contributed by atoms with Gasteiger partial charge in [0.05, 0.1) is 23.6 Å². The molecule has 1 atom stereocenters. The number of imide groups is 1. The number of ether oxygens (including phenoxy) is 1. The first-order valence-corrected chi connectivity index (χ1v) is 20.0. The van der Waals surface area contributed by atoms with Gasteiger partial charge in [-0.05, 0) is 60.5 Å². The summed E-state index contributed by atoms with van der Waals surface area (Å²) >= 11 is 0. The molecule has 5 amide bonds. The largest absolute Gasteiger partial charge is 0.381 e. The van der Waals surface area contributed by atoms with Crippen LogP contribution in [0.2, 0.25) is 0 Å². The summed E-state index contributed by atoms with van der Waals surface area (Å²) in [7, 11) is 0. The summed E-state index contributed by atoms with van der Waals surface area (Å²) in [5, 5.41) is 7.14. The SMILES string of the molecule is CC(=O)N1CCn2c(C3CCOCC3)nc(-c3cccc4cc(-c5ccc(C(=O)NCCC#Cc6cccc7c6CN([C@@H]6CCC(=O)NC6=O)C7=O)nc5)ncc34)c2C1. The Morgan fingerprint density at radius 1 is 0.949 bits per heavy atom. The van der Waals surface area contributed by atoms with E-state index in [1.165, 1.54) is 4.90 Å². The van der Waals surface area contributed by atoms with Crippen LogP contribution in [0.25, 0.3) is 33.3 Å². The standard InChI is InChI=1S/C45H42N8O6/c1-27(54)51-18-19-52-39(26-51)41(50-42(52)29-15-20-59-21-16-29)32-9-5-8-30-22-37(48-24-34(30)32)31-11-12-36(47-23-31)43(56)46-17-3-2-6-28-7-4-10-33-35(28)25-53(45(33)58)38-13-14-40(55)49-44(38)57/h4-5,7-12,22-24,29,38H,3,13-21,25-26H2,1H3,(H,46,56)(H,49,55,57)/t38-/m1/s1. The van der Waals surface area contributed by atoms with Gasteiger partial charge in [0.25, 0.3) is 11.8 Å². The highest BCUT2D eigenvalue weighted by Gasteiger charge is 2.40. The number of amides is 5. The summed E-state index contributed by atoms with van der Waals surface area (Å²) in [6, 6.07) is 16.3. The highest BCUT2D eigenvalue weighted by Crippen LogP contribution is 2.38. The van der Waals surface area contributed by atoms with E-state index in [9.17, 15) is 24.0 Å². The average molecular weight is 791 g/mol. The van der Waals surface area contributed by atoms with Crippen LogP contribution in [0, 0.1) is 11.8 Å². The van der Waals surface area contributed by atoms with E-state index in [1.54, 1.807) is 31.3 Å². The number of hydrogen-bond donors (Lipinski definition) is 2. The van der Waals surface area contributed by atoms with Crippen LogP contribution in [0.4, 0.5) is 0 Å². The molecular weight excluding hydrogens is 749 g/mol. The monoisotopic (exact) mass is 790 g/mol. The van der Waals surface area contributed by atoms with Crippen molar-refractivity contribution < 1.29 is 28.7 Å². The minimum absolute atomic E-state index is 0.0533. The van der Waals surface area contributed by atoms with Gasteiger partial charge in [-0.25, -0.2) is 4.98 Å². The Bertz CT molecular complexity index is 2600. The molecule has 2 N–H and O–H groups in total. The fraction of sp³-hybridized carbons (Fsp3) is 0.333. The zero-order valence-corrected chi connectivity index (χ0v) is 32.6. The van der Waals surface area contributed by atoms with Gasteiger partial charge >= 0.3 is 0 Å². The van der Waals surface area contributed by atoms with Gasteiger partial charge in [-0.3, -0.25) is 39.3 Å². The molecule has 0 radical (unpaired) electrons. The highest BCUT2D eigenvalue weighted by atomic mass is 16.5. The average Bonchev–Trinajstić information content (AvgIpc) is 3.81. The van der Waals surface area contributed by atoms with E-state index in [-0.39, 0.29) is 42.3 Å². The van der Waals surface area contributed by atoms with Crippen LogP contribution in [0.1, 0.15) is 88.4 Å². The molecule has 3 aromatic heterocycles. The molecule has 2 aromatic carbocycles. The first-order chi connectivity index (χ1) is 28.7. The van der Waals surface area contributed by atoms with Gasteiger partial charge in [0, 0.05) is 105 Å². The number of piperidine rings is 1. The lowest BCUT2D eigenvalue weighted by Gasteiger charge is -2.30. The van der Waals surface area contributed by atoms with Crippen molar-refractivity contribution in [3.8, 4) is 34.4 Å². The van der Waals surface area contributed by atoms with Crippen LogP contribution >= 0.6 is 0 Å². The summed E-state index contributed by atoms with van der Waals surface area (Å²) in [6.45, 7) is 5.48. The fourth-order valence-corrected chi connectivity index (χ4v) is 8.55. The number of hydrogen-bond acceptors (Lipinski definition) is 9. The van der Waals surface area contributed by atoms with Crippen LogP contribution in [0.15, 0.2) is 67.0 Å². The minimum Gasteiger partial charge on any atom is -0.381 e. The zero-order valence-electron chi connectivity index (χ0n) is 32.6. The van der Waals surface area contributed by atoms with Gasteiger partial charge in [-0.2, -0.15) is 0 Å². The maximum Gasteiger partial charge on any atom is 0.269 e. The number of benzene rings is 2. The molecule has 0 aliphatic carbocycles. The van der Waals surface area contributed by atoms with Crippen LogP contribution in [0.3, 0.4) is 0 Å². The lowest BCUT2D eigenvalue weighted by atomic mass is 9.99. The van der Waals surface area contributed by atoms with Crippen molar-refractivity contribution in [3.63, 3.8) is 0 Å². The number of pyridine rings is 2. The maximum atomic E-state index is 13.1. The number of rotatable bonds is 7. The Morgan fingerprint density at radius 3 is 2.58 bits per heavy atom. The summed E-state index contributed by atoms with van der Waals surface area (Å²) in [5.41, 5.74) is 6.61. The molecule has 59 heavy (non-hydrogen) atoms. The van der Waals surface area contributed by atoms with Gasteiger partial charge in [-0.1, -0.05) is 36.1 Å². The zero-order chi connectivity index (χ0) is 40.6. The summed E-state index contributed by atoms with van der Waals surface area (Å²) in [6.07, 6.45) is 6.21. The molecule has 0 saturated carbocycles. The summed E-state index contributed by atoms with van der Waals surface area (Å²) in [5.74, 6) is 6.29. The Labute approximate surface area is 340 Å². The topological polar surface area (TPSA) is 169 Å². The second-order valence-electron chi connectivity index (χ2n) is 15.3. The third-order valence-electron chi connectivity index (χ3n) is 11.7. The second-order valence-corrected chi connectivity index (χ2v) is 15.3. The molecule has 5 aromatic rings. The van der Waals surface area contributed by atoms with Crippen molar-refractivity contribution in [2.45, 2.75) is 70.6 Å². The Balaban J connectivity index is 0.858. The highest BCUT2D eigenvalue weighted by molar-refractivity contribution is 6.05. The third kappa shape index (κ3) is 7.34. The molecule has 9 rings (SSSR count). The molecule has 0 spiro atoms. The summed E-state index contributed by atoms with van der Waals surface area (Å²) < 4.78 is 7.97. The number of aromatic nitrogens is 4. The first kappa shape index (κ1) is 37.8. The normalized spacial score (nSPS) is 17.9. The Kier molecular flexibility index (Phi) is 10.2. The van der Waals surface area contributed by atoms with Crippen LogP contribution in [-0.4, -0.2) is 91.2 Å². The van der Waals surface area contributed by atoms with E-state index >= 15 is 0 Å². The number of nitrogens with zero attached hydrogens (tertiary/aromatic N) is 6.